The fourth-order valence-corrected chi connectivity index (χ4v) is 2.44. The summed E-state index contributed by atoms with van der Waals surface area (Å²) in [7, 11) is 0. The van der Waals surface area contributed by atoms with Gasteiger partial charge in [-0.1, -0.05) is 29.8 Å². The van der Waals surface area contributed by atoms with Crippen LogP contribution in [0, 0.1) is 6.92 Å². The highest BCUT2D eigenvalue weighted by Crippen LogP contribution is 2.34. The Hall–Kier alpha value is -1.71. The van der Waals surface area contributed by atoms with Crippen molar-refractivity contribution in [2.75, 3.05) is 13.2 Å². The Labute approximate surface area is 123 Å². The van der Waals surface area contributed by atoms with E-state index in [1.165, 1.54) is 0 Å². The molecule has 0 amide bonds. The first-order valence-electron chi connectivity index (χ1n) is 6.56. The molecule has 2 aromatic carbocycles. The molecule has 3 rings (SSSR count). The number of benzene rings is 2. The molecule has 0 fully saturated rings. The molecule has 0 bridgehead atoms. The van der Waals surface area contributed by atoms with Gasteiger partial charge in [0.1, 0.15) is 13.2 Å². The average molecular weight is 290 g/mol. The molecule has 0 saturated heterocycles. The summed E-state index contributed by atoms with van der Waals surface area (Å²) in [6, 6.07) is 11.5. The summed E-state index contributed by atoms with van der Waals surface area (Å²) >= 11 is 6.16. The molecule has 0 aliphatic carbocycles. The van der Waals surface area contributed by atoms with Gasteiger partial charge in [-0.3, -0.25) is 0 Å². The normalized spacial score (nSPS) is 14.9. The summed E-state index contributed by atoms with van der Waals surface area (Å²) in [6.07, 6.45) is 0. The molecule has 2 N–H and O–H groups in total. The van der Waals surface area contributed by atoms with Crippen LogP contribution in [0.1, 0.15) is 22.7 Å². The number of aryl methyl sites for hydroxylation is 1. The Kier molecular flexibility index (Phi) is 3.55. The Morgan fingerprint density at radius 1 is 1.00 bits per heavy atom. The van der Waals surface area contributed by atoms with E-state index in [1.807, 2.05) is 43.3 Å². The summed E-state index contributed by atoms with van der Waals surface area (Å²) in [5.74, 6) is 1.52. The summed E-state index contributed by atoms with van der Waals surface area (Å²) in [5.41, 5.74) is 9.32. The van der Waals surface area contributed by atoms with Gasteiger partial charge >= 0.3 is 0 Å². The van der Waals surface area contributed by atoms with E-state index in [0.29, 0.717) is 13.2 Å². The number of ether oxygens (including phenoxy) is 2. The minimum absolute atomic E-state index is 0.232. The predicted octanol–water partition coefficient (Wildman–Crippen LogP) is 3.47. The molecule has 0 spiro atoms. The Morgan fingerprint density at radius 2 is 1.65 bits per heavy atom. The van der Waals surface area contributed by atoms with Crippen LogP contribution in [-0.2, 0) is 0 Å². The molecule has 1 atom stereocenters. The van der Waals surface area contributed by atoms with Gasteiger partial charge in [0.15, 0.2) is 11.5 Å². The van der Waals surface area contributed by atoms with Crippen LogP contribution in [0.2, 0.25) is 5.02 Å². The lowest BCUT2D eigenvalue weighted by Gasteiger charge is -2.21. The van der Waals surface area contributed by atoms with E-state index in [9.17, 15) is 0 Å². The Bertz CT molecular complexity index is 642. The highest BCUT2D eigenvalue weighted by atomic mass is 35.5. The van der Waals surface area contributed by atoms with Gasteiger partial charge in [-0.15, -0.1) is 0 Å². The zero-order valence-electron chi connectivity index (χ0n) is 11.2. The number of rotatable bonds is 2. The lowest BCUT2D eigenvalue weighted by Crippen LogP contribution is -2.17. The molecule has 1 aliphatic rings. The monoisotopic (exact) mass is 289 g/mol. The molecule has 1 aliphatic heterocycles. The molecule has 0 aromatic heterocycles. The first kappa shape index (κ1) is 13.3. The summed E-state index contributed by atoms with van der Waals surface area (Å²) in [4.78, 5) is 0. The van der Waals surface area contributed by atoms with E-state index in [-0.39, 0.29) is 6.04 Å². The van der Waals surface area contributed by atoms with Crippen molar-refractivity contribution in [3.63, 3.8) is 0 Å². The maximum absolute atomic E-state index is 6.31. The van der Waals surface area contributed by atoms with Gasteiger partial charge in [-0.2, -0.15) is 0 Å². The Morgan fingerprint density at radius 3 is 2.40 bits per heavy atom. The molecule has 20 heavy (non-hydrogen) atoms. The van der Waals surface area contributed by atoms with Crippen LogP contribution in [0.5, 0.6) is 11.5 Å². The molecule has 2 aromatic rings. The molecule has 3 nitrogen and oxygen atoms in total. The topological polar surface area (TPSA) is 44.5 Å². The summed E-state index contributed by atoms with van der Waals surface area (Å²) in [6.45, 7) is 3.13. The number of hydrogen-bond donors (Lipinski definition) is 1. The van der Waals surface area contributed by atoms with Crippen molar-refractivity contribution >= 4 is 11.6 Å². The zero-order valence-corrected chi connectivity index (χ0v) is 12.0. The summed E-state index contributed by atoms with van der Waals surface area (Å²) in [5, 5.41) is 0.732. The van der Waals surface area contributed by atoms with Gasteiger partial charge in [0.05, 0.1) is 6.04 Å². The third-order valence-corrected chi connectivity index (χ3v) is 3.89. The lowest BCUT2D eigenvalue weighted by atomic mass is 9.98. The van der Waals surface area contributed by atoms with Crippen molar-refractivity contribution in [2.45, 2.75) is 13.0 Å². The number of hydrogen-bond acceptors (Lipinski definition) is 3. The number of halogens is 1. The predicted molar refractivity (Wildman–Crippen MR) is 79.7 cm³/mol. The molecule has 1 unspecified atom stereocenters. The van der Waals surface area contributed by atoms with Crippen molar-refractivity contribution in [3.05, 3.63) is 58.1 Å². The van der Waals surface area contributed by atoms with E-state index in [4.69, 9.17) is 26.8 Å². The first-order valence-corrected chi connectivity index (χ1v) is 6.94. The van der Waals surface area contributed by atoms with E-state index in [2.05, 4.69) is 0 Å². The van der Waals surface area contributed by atoms with Crippen molar-refractivity contribution in [1.82, 2.24) is 0 Å². The van der Waals surface area contributed by atoms with Crippen LogP contribution in [-0.4, -0.2) is 13.2 Å². The molecule has 4 heteroatoms. The van der Waals surface area contributed by atoms with Crippen molar-refractivity contribution in [3.8, 4) is 11.5 Å². The van der Waals surface area contributed by atoms with Crippen LogP contribution >= 0.6 is 11.6 Å². The third kappa shape index (κ3) is 2.47. The highest BCUT2D eigenvalue weighted by molar-refractivity contribution is 6.31. The molecule has 0 radical (unpaired) electrons. The molecular formula is C16H16ClNO2. The van der Waals surface area contributed by atoms with Crippen molar-refractivity contribution in [2.24, 2.45) is 5.73 Å². The van der Waals surface area contributed by atoms with Gasteiger partial charge in [0.25, 0.3) is 0 Å². The lowest BCUT2D eigenvalue weighted by molar-refractivity contribution is 0.171. The van der Waals surface area contributed by atoms with Crippen LogP contribution in [0.3, 0.4) is 0 Å². The van der Waals surface area contributed by atoms with Crippen LogP contribution in [0.4, 0.5) is 0 Å². The highest BCUT2D eigenvalue weighted by Gasteiger charge is 2.16. The molecule has 1 heterocycles. The van der Waals surface area contributed by atoms with Crippen LogP contribution < -0.4 is 15.2 Å². The van der Waals surface area contributed by atoms with Crippen molar-refractivity contribution < 1.29 is 9.47 Å². The second kappa shape index (κ2) is 5.35. The standard InChI is InChI=1S/C16H16ClNO2/c1-10-2-3-11(8-13(10)17)16(18)12-4-5-14-15(9-12)20-7-6-19-14/h2-5,8-9,16H,6-7,18H2,1H3. The SMILES string of the molecule is Cc1ccc(C(N)c2ccc3c(c2)OCCO3)cc1Cl. The van der Waals surface area contributed by atoms with E-state index in [1.54, 1.807) is 0 Å². The smallest absolute Gasteiger partial charge is 0.161 e. The maximum Gasteiger partial charge on any atom is 0.161 e. The van der Waals surface area contributed by atoms with Gasteiger partial charge in [0, 0.05) is 5.02 Å². The third-order valence-electron chi connectivity index (χ3n) is 3.48. The van der Waals surface area contributed by atoms with Crippen LogP contribution in [0.25, 0.3) is 0 Å². The average Bonchev–Trinajstić information content (AvgIpc) is 2.49. The molecule has 0 saturated carbocycles. The fourth-order valence-electron chi connectivity index (χ4n) is 2.25. The minimum atomic E-state index is -0.232. The molecule has 104 valence electrons. The van der Waals surface area contributed by atoms with E-state index in [0.717, 1.165) is 33.2 Å². The van der Waals surface area contributed by atoms with E-state index < -0.39 is 0 Å². The number of nitrogens with two attached hydrogens (primary N) is 1. The minimum Gasteiger partial charge on any atom is -0.486 e. The quantitative estimate of drug-likeness (QED) is 0.921. The second-order valence-electron chi connectivity index (χ2n) is 4.89. The van der Waals surface area contributed by atoms with Gasteiger partial charge in [-0.05, 0) is 41.8 Å². The van der Waals surface area contributed by atoms with Gasteiger partial charge in [0.2, 0.25) is 0 Å². The largest absolute Gasteiger partial charge is 0.486 e. The summed E-state index contributed by atoms with van der Waals surface area (Å²) < 4.78 is 11.1. The van der Waals surface area contributed by atoms with E-state index >= 15 is 0 Å². The van der Waals surface area contributed by atoms with Gasteiger partial charge < -0.3 is 15.2 Å². The molecular weight excluding hydrogens is 274 g/mol. The van der Waals surface area contributed by atoms with Crippen molar-refractivity contribution in [1.29, 1.82) is 0 Å². The van der Waals surface area contributed by atoms with Crippen LogP contribution in [0.15, 0.2) is 36.4 Å². The zero-order chi connectivity index (χ0) is 14.1. The number of fused-ring (bicyclic) bond motifs is 1. The van der Waals surface area contributed by atoms with Gasteiger partial charge in [-0.25, -0.2) is 0 Å². The Balaban J connectivity index is 1.93. The fraction of sp³-hybridized carbons (Fsp3) is 0.250. The first-order chi connectivity index (χ1) is 9.65. The maximum atomic E-state index is 6.31. The second-order valence-corrected chi connectivity index (χ2v) is 5.30.